The fraction of sp³-hybridized carbons (Fsp3) is 0.938. The highest BCUT2D eigenvalue weighted by atomic mass is 15.3. The molecule has 0 amide bonds. The standard InChI is InChI=1S/C16H33N5/c1-2-20-10-12-21(13-11-20)9-4-3-8-18-16(17)19-14-15-6-5-7-15/h15H,2-14H2,1H3,(H3,17,18,19). The van der Waals surface area contributed by atoms with Gasteiger partial charge in [-0.2, -0.15) is 0 Å². The molecule has 1 aliphatic carbocycles. The third-order valence-corrected chi connectivity index (χ3v) is 4.86. The SMILES string of the molecule is CCN1CCN(CCCCNC(N)=NCC2CCC2)CC1. The number of piperazine rings is 1. The number of hydrogen-bond acceptors (Lipinski definition) is 3. The van der Waals surface area contributed by atoms with Crippen LogP contribution in [0.1, 0.15) is 39.0 Å². The second kappa shape index (κ2) is 9.26. The third-order valence-electron chi connectivity index (χ3n) is 4.86. The van der Waals surface area contributed by atoms with Gasteiger partial charge in [-0.05, 0) is 44.7 Å². The number of nitrogens with two attached hydrogens (primary N) is 1. The van der Waals surface area contributed by atoms with E-state index in [0.717, 1.165) is 19.0 Å². The first-order chi connectivity index (χ1) is 10.3. The number of hydrogen-bond donors (Lipinski definition) is 2. The molecule has 2 rings (SSSR count). The second-order valence-corrected chi connectivity index (χ2v) is 6.43. The van der Waals surface area contributed by atoms with Gasteiger partial charge in [-0.25, -0.2) is 0 Å². The maximum Gasteiger partial charge on any atom is 0.188 e. The smallest absolute Gasteiger partial charge is 0.188 e. The van der Waals surface area contributed by atoms with E-state index in [4.69, 9.17) is 5.73 Å². The zero-order valence-electron chi connectivity index (χ0n) is 13.7. The number of unbranched alkanes of at least 4 members (excludes halogenated alkanes) is 1. The van der Waals surface area contributed by atoms with Crippen LogP contribution >= 0.6 is 0 Å². The number of likely N-dealkylation sites (N-methyl/N-ethyl adjacent to an activating group) is 1. The predicted octanol–water partition coefficient (Wildman–Crippen LogP) is 1.11. The van der Waals surface area contributed by atoms with Crippen molar-refractivity contribution in [2.24, 2.45) is 16.6 Å². The maximum absolute atomic E-state index is 5.88. The highest BCUT2D eigenvalue weighted by Gasteiger charge is 2.16. The van der Waals surface area contributed by atoms with Crippen molar-refractivity contribution in [1.82, 2.24) is 15.1 Å². The monoisotopic (exact) mass is 295 g/mol. The van der Waals surface area contributed by atoms with Crippen LogP contribution in [0.25, 0.3) is 0 Å². The molecule has 0 radical (unpaired) electrons. The lowest BCUT2D eigenvalue weighted by atomic mass is 9.86. The molecule has 0 spiro atoms. The van der Waals surface area contributed by atoms with Gasteiger partial charge < -0.3 is 20.9 Å². The normalized spacial score (nSPS) is 22.2. The van der Waals surface area contributed by atoms with Crippen molar-refractivity contribution in [2.75, 3.05) is 52.4 Å². The van der Waals surface area contributed by atoms with Crippen LogP contribution in [0.5, 0.6) is 0 Å². The molecule has 5 heteroatoms. The minimum absolute atomic E-state index is 0.637. The van der Waals surface area contributed by atoms with Crippen molar-refractivity contribution in [2.45, 2.75) is 39.0 Å². The summed E-state index contributed by atoms with van der Waals surface area (Å²) in [5, 5.41) is 3.24. The van der Waals surface area contributed by atoms with Crippen LogP contribution in [0.15, 0.2) is 4.99 Å². The molecule has 5 nitrogen and oxygen atoms in total. The number of nitrogens with one attached hydrogen (secondary N) is 1. The van der Waals surface area contributed by atoms with Crippen LogP contribution in [-0.2, 0) is 0 Å². The summed E-state index contributed by atoms with van der Waals surface area (Å²) in [6.45, 7) is 11.5. The molecule has 1 heterocycles. The van der Waals surface area contributed by atoms with Crippen molar-refractivity contribution in [3.05, 3.63) is 0 Å². The lowest BCUT2D eigenvalue weighted by Crippen LogP contribution is -2.46. The predicted molar refractivity (Wildman–Crippen MR) is 89.6 cm³/mol. The quantitative estimate of drug-likeness (QED) is 0.400. The largest absolute Gasteiger partial charge is 0.370 e. The van der Waals surface area contributed by atoms with E-state index in [1.54, 1.807) is 0 Å². The third kappa shape index (κ3) is 6.22. The topological polar surface area (TPSA) is 56.9 Å². The Balaban J connectivity index is 1.44. The van der Waals surface area contributed by atoms with Crippen molar-refractivity contribution in [3.63, 3.8) is 0 Å². The van der Waals surface area contributed by atoms with Gasteiger partial charge in [-0.15, -0.1) is 0 Å². The van der Waals surface area contributed by atoms with Crippen molar-refractivity contribution < 1.29 is 0 Å². The van der Waals surface area contributed by atoms with Gasteiger partial charge in [0.05, 0.1) is 0 Å². The number of rotatable bonds is 8. The van der Waals surface area contributed by atoms with Gasteiger partial charge in [0.25, 0.3) is 0 Å². The fourth-order valence-electron chi connectivity index (χ4n) is 2.96. The van der Waals surface area contributed by atoms with E-state index in [-0.39, 0.29) is 0 Å². The van der Waals surface area contributed by atoms with Gasteiger partial charge in [-0.1, -0.05) is 13.3 Å². The summed E-state index contributed by atoms with van der Waals surface area (Å²) in [7, 11) is 0. The Kier molecular flexibility index (Phi) is 7.30. The summed E-state index contributed by atoms with van der Waals surface area (Å²) in [5.74, 6) is 1.44. The summed E-state index contributed by atoms with van der Waals surface area (Å²) in [6, 6.07) is 0. The zero-order valence-corrected chi connectivity index (χ0v) is 13.7. The summed E-state index contributed by atoms with van der Waals surface area (Å²) in [5.41, 5.74) is 5.88. The highest BCUT2D eigenvalue weighted by molar-refractivity contribution is 5.77. The molecule has 21 heavy (non-hydrogen) atoms. The van der Waals surface area contributed by atoms with Crippen molar-refractivity contribution >= 4 is 5.96 Å². The van der Waals surface area contributed by atoms with Crippen molar-refractivity contribution in [3.8, 4) is 0 Å². The molecule has 122 valence electrons. The fourth-order valence-corrected chi connectivity index (χ4v) is 2.96. The van der Waals surface area contributed by atoms with Crippen LogP contribution in [0.3, 0.4) is 0 Å². The van der Waals surface area contributed by atoms with E-state index in [2.05, 4.69) is 27.0 Å². The summed E-state index contributed by atoms with van der Waals surface area (Å²) in [4.78, 5) is 9.53. The molecule has 0 aromatic carbocycles. The van der Waals surface area contributed by atoms with E-state index in [0.29, 0.717) is 5.96 Å². The first kappa shape index (κ1) is 16.6. The summed E-state index contributed by atoms with van der Waals surface area (Å²) < 4.78 is 0. The molecule has 0 aromatic rings. The van der Waals surface area contributed by atoms with Gasteiger partial charge in [0.1, 0.15) is 0 Å². The maximum atomic E-state index is 5.88. The minimum atomic E-state index is 0.637. The van der Waals surface area contributed by atoms with E-state index in [9.17, 15) is 0 Å². The Labute approximate surface area is 130 Å². The van der Waals surface area contributed by atoms with Gasteiger partial charge in [0.2, 0.25) is 0 Å². The number of guanidine groups is 1. The van der Waals surface area contributed by atoms with E-state index in [1.165, 1.54) is 71.4 Å². The molecule has 2 aliphatic rings. The Bertz CT molecular complexity index is 306. The molecule has 0 unspecified atom stereocenters. The molecular formula is C16H33N5. The molecule has 0 bridgehead atoms. The molecule has 3 N–H and O–H groups in total. The van der Waals surface area contributed by atoms with Crippen LogP contribution in [0, 0.1) is 5.92 Å². The molecule has 1 saturated carbocycles. The Morgan fingerprint density at radius 2 is 1.86 bits per heavy atom. The second-order valence-electron chi connectivity index (χ2n) is 6.43. The Morgan fingerprint density at radius 1 is 1.14 bits per heavy atom. The van der Waals surface area contributed by atoms with Gasteiger partial charge >= 0.3 is 0 Å². The number of aliphatic imine (C=N–C) groups is 1. The van der Waals surface area contributed by atoms with Crippen LogP contribution in [0.2, 0.25) is 0 Å². The Morgan fingerprint density at radius 3 is 2.48 bits per heavy atom. The molecule has 2 fully saturated rings. The average Bonchev–Trinajstić information content (AvgIpc) is 2.46. The van der Waals surface area contributed by atoms with Crippen LogP contribution in [-0.4, -0.2) is 68.1 Å². The Hall–Kier alpha value is -0.810. The van der Waals surface area contributed by atoms with Crippen LogP contribution < -0.4 is 11.1 Å². The van der Waals surface area contributed by atoms with E-state index in [1.807, 2.05) is 0 Å². The lowest BCUT2D eigenvalue weighted by molar-refractivity contribution is 0.136. The molecule has 0 aromatic heterocycles. The first-order valence-corrected chi connectivity index (χ1v) is 8.76. The summed E-state index contributed by atoms with van der Waals surface area (Å²) in [6.07, 6.45) is 6.47. The lowest BCUT2D eigenvalue weighted by Gasteiger charge is -2.33. The molecule has 1 aliphatic heterocycles. The first-order valence-electron chi connectivity index (χ1n) is 8.76. The van der Waals surface area contributed by atoms with Crippen molar-refractivity contribution in [1.29, 1.82) is 0 Å². The minimum Gasteiger partial charge on any atom is -0.370 e. The molecule has 0 atom stereocenters. The zero-order chi connectivity index (χ0) is 14.9. The molecular weight excluding hydrogens is 262 g/mol. The van der Waals surface area contributed by atoms with E-state index < -0.39 is 0 Å². The highest BCUT2D eigenvalue weighted by Crippen LogP contribution is 2.26. The van der Waals surface area contributed by atoms with Gasteiger partial charge in [0.15, 0.2) is 5.96 Å². The molecule has 1 saturated heterocycles. The van der Waals surface area contributed by atoms with Crippen LogP contribution in [0.4, 0.5) is 0 Å². The van der Waals surface area contributed by atoms with Gasteiger partial charge in [0, 0.05) is 39.3 Å². The summed E-state index contributed by atoms with van der Waals surface area (Å²) >= 11 is 0. The number of nitrogens with zero attached hydrogens (tertiary/aromatic N) is 3. The van der Waals surface area contributed by atoms with Gasteiger partial charge in [-0.3, -0.25) is 4.99 Å². The van der Waals surface area contributed by atoms with E-state index >= 15 is 0 Å². The average molecular weight is 295 g/mol.